The molecular weight excluding hydrogens is 349 g/mol. The van der Waals surface area contributed by atoms with Crippen LogP contribution in [0, 0.1) is 0 Å². The van der Waals surface area contributed by atoms with Gasteiger partial charge in [0.25, 0.3) is 0 Å². The lowest BCUT2D eigenvalue weighted by Crippen LogP contribution is -2.30. The highest BCUT2D eigenvalue weighted by atomic mass is 32.2. The van der Waals surface area contributed by atoms with E-state index in [1.165, 1.54) is 29.3 Å². The van der Waals surface area contributed by atoms with Crippen LogP contribution in [0.4, 0.5) is 13.2 Å². The molecule has 2 aromatic rings. The molecule has 0 spiro atoms. The first-order valence-electron chi connectivity index (χ1n) is 6.98. The molecule has 1 saturated heterocycles. The van der Waals surface area contributed by atoms with Crippen molar-refractivity contribution in [3.63, 3.8) is 0 Å². The Morgan fingerprint density at radius 1 is 1.17 bits per heavy atom. The monoisotopic (exact) mass is 362 g/mol. The molecule has 1 aromatic heterocycles. The van der Waals surface area contributed by atoms with E-state index in [0.29, 0.717) is 6.42 Å². The van der Waals surface area contributed by atoms with Crippen LogP contribution in [-0.4, -0.2) is 47.2 Å². The van der Waals surface area contributed by atoms with Crippen LogP contribution in [0.5, 0.6) is 5.75 Å². The van der Waals surface area contributed by atoms with Crippen LogP contribution in [0.15, 0.2) is 41.6 Å². The number of sulfonamides is 1. The van der Waals surface area contributed by atoms with Crippen molar-refractivity contribution in [3.05, 3.63) is 36.7 Å². The Morgan fingerprint density at radius 3 is 2.50 bits per heavy atom. The second-order valence-electron chi connectivity index (χ2n) is 5.15. The zero-order chi connectivity index (χ0) is 17.4. The molecule has 0 radical (unpaired) electrons. The fraction of sp³-hybridized carbons (Fsp3) is 0.385. The van der Waals surface area contributed by atoms with E-state index in [-0.39, 0.29) is 19.1 Å². The number of rotatable bonds is 4. The molecule has 0 N–H and O–H groups in total. The van der Waals surface area contributed by atoms with Crippen LogP contribution in [0.2, 0.25) is 0 Å². The molecule has 130 valence electrons. The minimum atomic E-state index is -4.97. The van der Waals surface area contributed by atoms with E-state index in [0.717, 1.165) is 16.4 Å². The van der Waals surface area contributed by atoms with Gasteiger partial charge < -0.3 is 4.74 Å². The molecule has 1 unspecified atom stereocenters. The Bertz CT molecular complexity index is 808. The van der Waals surface area contributed by atoms with E-state index in [9.17, 15) is 21.6 Å². The maximum atomic E-state index is 12.7. The van der Waals surface area contributed by atoms with Crippen molar-refractivity contribution in [3.8, 4) is 5.75 Å². The number of hydrogen-bond donors (Lipinski definition) is 0. The van der Waals surface area contributed by atoms with Crippen molar-refractivity contribution >= 4 is 10.0 Å². The van der Waals surface area contributed by atoms with Crippen LogP contribution in [-0.2, 0) is 10.0 Å². The molecule has 7 nitrogen and oxygen atoms in total. The Morgan fingerprint density at radius 2 is 1.83 bits per heavy atom. The van der Waals surface area contributed by atoms with Crippen LogP contribution in [0.25, 0.3) is 0 Å². The molecule has 0 amide bonds. The number of benzene rings is 1. The van der Waals surface area contributed by atoms with Gasteiger partial charge in [-0.05, 0) is 18.6 Å². The fourth-order valence-electron chi connectivity index (χ4n) is 2.54. The molecule has 1 aliphatic heterocycles. The van der Waals surface area contributed by atoms with Gasteiger partial charge in [0.15, 0.2) is 0 Å². The van der Waals surface area contributed by atoms with Crippen LogP contribution >= 0.6 is 0 Å². The lowest BCUT2D eigenvalue weighted by atomic mass is 10.3. The number of aromatic nitrogens is 3. The van der Waals surface area contributed by atoms with E-state index < -0.39 is 27.0 Å². The molecule has 1 atom stereocenters. The summed E-state index contributed by atoms with van der Waals surface area (Å²) in [7, 11) is -4.13. The summed E-state index contributed by atoms with van der Waals surface area (Å²) < 4.78 is 67.8. The van der Waals surface area contributed by atoms with Gasteiger partial charge in [0, 0.05) is 13.1 Å². The first-order chi connectivity index (χ1) is 11.3. The van der Waals surface area contributed by atoms with Crippen LogP contribution in [0.3, 0.4) is 0 Å². The van der Waals surface area contributed by atoms with Gasteiger partial charge in [-0.3, -0.25) is 0 Å². The van der Waals surface area contributed by atoms with E-state index in [1.54, 1.807) is 0 Å². The van der Waals surface area contributed by atoms with Crippen molar-refractivity contribution in [1.82, 2.24) is 19.3 Å². The van der Waals surface area contributed by atoms with Crippen molar-refractivity contribution in [2.45, 2.75) is 23.7 Å². The molecule has 0 bridgehead atoms. The standard InChI is InChI=1S/C13H13F3N4O3S/c14-13(15,16)23-11-3-1-2-4-12(11)24(21,22)19-8-5-10(9-19)20-17-6-7-18-20/h1-4,6-7,10H,5,8-9H2. The highest BCUT2D eigenvalue weighted by molar-refractivity contribution is 7.89. The van der Waals surface area contributed by atoms with Crippen molar-refractivity contribution in [2.75, 3.05) is 13.1 Å². The van der Waals surface area contributed by atoms with Gasteiger partial charge in [-0.1, -0.05) is 12.1 Å². The fourth-order valence-corrected chi connectivity index (χ4v) is 4.15. The summed E-state index contributed by atoms with van der Waals surface area (Å²) >= 11 is 0. The summed E-state index contributed by atoms with van der Waals surface area (Å²) in [6.07, 6.45) is -1.55. The Hall–Kier alpha value is -2.14. The zero-order valence-corrected chi connectivity index (χ0v) is 13.0. The number of nitrogens with zero attached hydrogens (tertiary/aromatic N) is 4. The Kier molecular flexibility index (Phi) is 4.22. The van der Waals surface area contributed by atoms with Gasteiger partial charge in [0.1, 0.15) is 10.6 Å². The summed E-state index contributed by atoms with van der Waals surface area (Å²) in [5.74, 6) is -0.745. The van der Waals surface area contributed by atoms with Crippen LogP contribution < -0.4 is 4.74 Å². The number of hydrogen-bond acceptors (Lipinski definition) is 5. The average molecular weight is 362 g/mol. The minimum absolute atomic E-state index is 0.0807. The molecule has 3 rings (SSSR count). The third-order valence-corrected chi connectivity index (χ3v) is 5.49. The predicted molar refractivity (Wildman–Crippen MR) is 75.6 cm³/mol. The van der Waals surface area contributed by atoms with Gasteiger partial charge in [-0.25, -0.2) is 8.42 Å². The Labute approximate surface area is 135 Å². The quantitative estimate of drug-likeness (QED) is 0.829. The zero-order valence-electron chi connectivity index (χ0n) is 12.2. The number of ether oxygens (including phenoxy) is 1. The highest BCUT2D eigenvalue weighted by Gasteiger charge is 2.38. The predicted octanol–water partition coefficient (Wildman–Crippen LogP) is 1.81. The molecule has 0 saturated carbocycles. The maximum Gasteiger partial charge on any atom is 0.573 e. The molecule has 0 aliphatic carbocycles. The summed E-state index contributed by atoms with van der Waals surface area (Å²) in [6, 6.07) is 4.43. The molecular formula is C13H13F3N4O3S. The van der Waals surface area contributed by atoms with E-state index >= 15 is 0 Å². The van der Waals surface area contributed by atoms with Crippen molar-refractivity contribution in [2.24, 2.45) is 0 Å². The molecule has 1 fully saturated rings. The lowest BCUT2D eigenvalue weighted by molar-refractivity contribution is -0.275. The number of para-hydroxylation sites is 1. The van der Waals surface area contributed by atoms with Gasteiger partial charge in [0.2, 0.25) is 10.0 Å². The minimum Gasteiger partial charge on any atom is -0.404 e. The molecule has 1 aromatic carbocycles. The van der Waals surface area contributed by atoms with Crippen molar-refractivity contribution in [1.29, 1.82) is 0 Å². The second kappa shape index (κ2) is 6.06. The van der Waals surface area contributed by atoms with Gasteiger partial charge in [-0.15, -0.1) is 13.2 Å². The number of alkyl halides is 3. The lowest BCUT2D eigenvalue weighted by Gasteiger charge is -2.19. The van der Waals surface area contributed by atoms with E-state index in [1.807, 2.05) is 0 Å². The second-order valence-corrected chi connectivity index (χ2v) is 7.06. The molecule has 2 heterocycles. The largest absolute Gasteiger partial charge is 0.573 e. The van der Waals surface area contributed by atoms with Gasteiger partial charge in [-0.2, -0.15) is 19.3 Å². The normalized spacial score (nSPS) is 19.5. The van der Waals surface area contributed by atoms with Crippen LogP contribution in [0.1, 0.15) is 12.5 Å². The summed E-state index contributed by atoms with van der Waals surface area (Å²) in [5, 5.41) is 7.93. The summed E-state index contributed by atoms with van der Waals surface area (Å²) in [4.78, 5) is 0.879. The first kappa shape index (κ1) is 16.7. The first-order valence-corrected chi connectivity index (χ1v) is 8.42. The smallest absolute Gasteiger partial charge is 0.404 e. The highest BCUT2D eigenvalue weighted by Crippen LogP contribution is 2.33. The molecule has 1 aliphatic rings. The molecule has 11 heteroatoms. The number of halogens is 3. The third-order valence-electron chi connectivity index (χ3n) is 3.58. The van der Waals surface area contributed by atoms with Crippen molar-refractivity contribution < 1.29 is 26.3 Å². The van der Waals surface area contributed by atoms with Gasteiger partial charge >= 0.3 is 6.36 Å². The average Bonchev–Trinajstić information content (AvgIpc) is 3.17. The maximum absolute atomic E-state index is 12.7. The summed E-state index contributed by atoms with van der Waals surface area (Å²) in [6.45, 7) is 0.242. The third kappa shape index (κ3) is 3.36. The topological polar surface area (TPSA) is 77.3 Å². The summed E-state index contributed by atoms with van der Waals surface area (Å²) in [5.41, 5.74) is 0. The van der Waals surface area contributed by atoms with E-state index in [2.05, 4.69) is 14.9 Å². The Balaban J connectivity index is 1.87. The van der Waals surface area contributed by atoms with E-state index in [4.69, 9.17) is 0 Å². The SMILES string of the molecule is O=S(=O)(c1ccccc1OC(F)(F)F)N1CCC(n2nccn2)C1. The molecule has 24 heavy (non-hydrogen) atoms. The van der Waals surface area contributed by atoms with Gasteiger partial charge in [0.05, 0.1) is 18.4 Å².